The van der Waals surface area contributed by atoms with E-state index >= 15 is 0 Å². The highest BCUT2D eigenvalue weighted by atomic mass is 16.7. The topological polar surface area (TPSA) is 156 Å². The van der Waals surface area contributed by atoms with E-state index in [9.17, 15) is 25.2 Å². The number of hydrogen-bond donors (Lipinski definition) is 5. The van der Waals surface area contributed by atoms with Gasteiger partial charge in [0.1, 0.15) is 42.7 Å². The zero-order valence-electron chi connectivity index (χ0n) is 21.9. The van der Waals surface area contributed by atoms with Crippen LogP contribution >= 0.6 is 0 Å². The van der Waals surface area contributed by atoms with Crippen molar-refractivity contribution in [1.29, 1.82) is 0 Å². The number of aliphatic hydroxyl groups excluding tert-OH is 4. The molecule has 2 fully saturated rings. The second kappa shape index (κ2) is 13.8. The number of carbonyl (C=O) groups is 1. The van der Waals surface area contributed by atoms with E-state index in [1.807, 2.05) is 60.7 Å². The van der Waals surface area contributed by atoms with Gasteiger partial charge in [0, 0.05) is 6.92 Å². The molecule has 0 spiro atoms. The van der Waals surface area contributed by atoms with Crippen molar-refractivity contribution < 1.29 is 48.9 Å². The third-order valence-corrected chi connectivity index (χ3v) is 6.86. The molecular formula is C28H37NO10. The Bertz CT molecular complexity index is 1030. The Morgan fingerprint density at radius 3 is 1.95 bits per heavy atom. The molecule has 2 aliphatic heterocycles. The summed E-state index contributed by atoms with van der Waals surface area (Å²) in [5.74, 6) is -0.499. The average Bonchev–Trinajstić information content (AvgIpc) is 2.93. The highest BCUT2D eigenvalue weighted by molar-refractivity contribution is 5.73. The van der Waals surface area contributed by atoms with E-state index in [0.29, 0.717) is 0 Å². The van der Waals surface area contributed by atoms with Gasteiger partial charge in [0.05, 0.1) is 25.9 Å². The van der Waals surface area contributed by atoms with Crippen molar-refractivity contribution in [1.82, 2.24) is 5.32 Å². The van der Waals surface area contributed by atoms with E-state index in [4.69, 9.17) is 23.7 Å². The van der Waals surface area contributed by atoms with Crippen LogP contribution in [0.25, 0.3) is 0 Å². The molecule has 10 atom stereocenters. The molecule has 214 valence electrons. The van der Waals surface area contributed by atoms with E-state index in [2.05, 4.69) is 5.32 Å². The first-order chi connectivity index (χ1) is 18.8. The third kappa shape index (κ3) is 7.40. The van der Waals surface area contributed by atoms with Gasteiger partial charge in [0.15, 0.2) is 12.6 Å². The van der Waals surface area contributed by atoms with E-state index in [0.717, 1.165) is 11.1 Å². The molecule has 4 rings (SSSR count). The second-order valence-corrected chi connectivity index (χ2v) is 9.79. The molecule has 2 aromatic rings. The van der Waals surface area contributed by atoms with Crippen molar-refractivity contribution in [2.75, 3.05) is 6.61 Å². The van der Waals surface area contributed by atoms with Crippen LogP contribution in [-0.2, 0) is 41.7 Å². The molecule has 0 bridgehead atoms. The average molecular weight is 548 g/mol. The molecular weight excluding hydrogens is 510 g/mol. The minimum absolute atomic E-state index is 0.178. The summed E-state index contributed by atoms with van der Waals surface area (Å²) < 4.78 is 30.2. The Kier molecular flexibility index (Phi) is 10.4. The summed E-state index contributed by atoms with van der Waals surface area (Å²) in [5.41, 5.74) is 1.81. The minimum Gasteiger partial charge on any atom is -0.394 e. The van der Waals surface area contributed by atoms with Crippen molar-refractivity contribution in [2.24, 2.45) is 0 Å². The molecule has 0 saturated carbocycles. The van der Waals surface area contributed by atoms with Gasteiger partial charge in [-0.3, -0.25) is 4.79 Å². The normalized spacial score (nSPS) is 34.9. The molecule has 0 aliphatic carbocycles. The molecule has 2 saturated heterocycles. The van der Waals surface area contributed by atoms with E-state index in [1.54, 1.807) is 6.92 Å². The number of amides is 1. The molecule has 2 heterocycles. The SMILES string of the molecule is CC(=O)N[C@@H]1[C@H](O[C@@H]2[C@H](OCc3ccccc3)[C@@H](OCc3ccccc3)[C@H](C)O[C@H]2O)O[C@H](CO)[C@@H](O)[C@@H]1O. The van der Waals surface area contributed by atoms with Gasteiger partial charge in [-0.25, -0.2) is 0 Å². The first-order valence-corrected chi connectivity index (χ1v) is 13.0. The highest BCUT2D eigenvalue weighted by Crippen LogP contribution is 2.32. The van der Waals surface area contributed by atoms with E-state index in [1.165, 1.54) is 6.92 Å². The monoisotopic (exact) mass is 547 g/mol. The number of aliphatic hydroxyl groups is 4. The zero-order valence-corrected chi connectivity index (χ0v) is 21.9. The van der Waals surface area contributed by atoms with Crippen LogP contribution in [0, 0.1) is 0 Å². The largest absolute Gasteiger partial charge is 0.394 e. The molecule has 39 heavy (non-hydrogen) atoms. The van der Waals surface area contributed by atoms with Crippen molar-refractivity contribution >= 4 is 5.91 Å². The van der Waals surface area contributed by atoms with Gasteiger partial charge < -0.3 is 49.4 Å². The molecule has 0 aromatic heterocycles. The van der Waals surface area contributed by atoms with Crippen molar-refractivity contribution in [2.45, 2.75) is 88.4 Å². The molecule has 5 N–H and O–H groups in total. The van der Waals surface area contributed by atoms with Gasteiger partial charge in [-0.05, 0) is 18.1 Å². The van der Waals surface area contributed by atoms with Crippen molar-refractivity contribution in [3.63, 3.8) is 0 Å². The lowest BCUT2D eigenvalue weighted by atomic mass is 9.95. The second-order valence-electron chi connectivity index (χ2n) is 9.79. The number of hydrogen-bond acceptors (Lipinski definition) is 10. The predicted octanol–water partition coefficient (Wildman–Crippen LogP) is 0.223. The summed E-state index contributed by atoms with van der Waals surface area (Å²) in [5, 5.41) is 44.2. The summed E-state index contributed by atoms with van der Waals surface area (Å²) >= 11 is 0. The quantitative estimate of drug-likeness (QED) is 0.279. The van der Waals surface area contributed by atoms with Gasteiger partial charge in [-0.1, -0.05) is 60.7 Å². The van der Waals surface area contributed by atoms with Gasteiger partial charge in [-0.15, -0.1) is 0 Å². The first-order valence-electron chi connectivity index (χ1n) is 13.0. The Morgan fingerprint density at radius 1 is 0.846 bits per heavy atom. The highest BCUT2D eigenvalue weighted by Gasteiger charge is 2.51. The lowest BCUT2D eigenvalue weighted by Gasteiger charge is -2.47. The predicted molar refractivity (Wildman–Crippen MR) is 137 cm³/mol. The fourth-order valence-electron chi connectivity index (χ4n) is 4.83. The molecule has 0 radical (unpaired) electrons. The lowest BCUT2D eigenvalue weighted by Crippen LogP contribution is -2.67. The fourth-order valence-corrected chi connectivity index (χ4v) is 4.83. The van der Waals surface area contributed by atoms with Gasteiger partial charge in [0.2, 0.25) is 5.91 Å². The third-order valence-electron chi connectivity index (χ3n) is 6.86. The first kappa shape index (κ1) is 29.5. The molecule has 0 unspecified atom stereocenters. The fraction of sp³-hybridized carbons (Fsp3) is 0.536. The number of ether oxygens (including phenoxy) is 5. The lowest BCUT2D eigenvalue weighted by molar-refractivity contribution is -0.353. The summed E-state index contributed by atoms with van der Waals surface area (Å²) in [6, 6.07) is 17.8. The Morgan fingerprint density at radius 2 is 1.41 bits per heavy atom. The maximum Gasteiger partial charge on any atom is 0.217 e. The van der Waals surface area contributed by atoms with Crippen molar-refractivity contribution in [3.8, 4) is 0 Å². The van der Waals surface area contributed by atoms with Crippen LogP contribution in [0.4, 0.5) is 0 Å². The van der Waals surface area contributed by atoms with E-state index in [-0.39, 0.29) is 13.2 Å². The van der Waals surface area contributed by atoms with Gasteiger partial charge >= 0.3 is 0 Å². The molecule has 11 heteroatoms. The smallest absolute Gasteiger partial charge is 0.217 e. The van der Waals surface area contributed by atoms with Crippen LogP contribution in [0.1, 0.15) is 25.0 Å². The Hall–Kier alpha value is -2.45. The van der Waals surface area contributed by atoms with Crippen molar-refractivity contribution in [3.05, 3.63) is 71.8 Å². The zero-order chi connectivity index (χ0) is 27.9. The van der Waals surface area contributed by atoms with Gasteiger partial charge in [0.25, 0.3) is 0 Å². The summed E-state index contributed by atoms with van der Waals surface area (Å²) in [6.07, 6.45) is -10.3. The standard InChI is InChI=1S/C28H37NO10/c1-16-24(35-14-18-9-5-3-6-10-18)25(36-15-19-11-7-4-8-12-19)26(27(34)37-16)39-28-21(29-17(2)31)23(33)22(32)20(13-30)38-28/h3-12,16,20-28,30,32-34H,13-15H2,1-2H3,(H,29,31)/t16-,20+,21-,22+,23+,24-,25+,26+,27+,28-/m0/s1. The van der Waals surface area contributed by atoms with Crippen LogP contribution in [0.3, 0.4) is 0 Å². The Balaban J connectivity index is 1.60. The summed E-state index contributed by atoms with van der Waals surface area (Å²) in [7, 11) is 0. The molecule has 11 nitrogen and oxygen atoms in total. The summed E-state index contributed by atoms with van der Waals surface area (Å²) in [4.78, 5) is 11.9. The number of carbonyl (C=O) groups excluding carboxylic acids is 1. The van der Waals surface area contributed by atoms with Crippen LogP contribution in [0.15, 0.2) is 60.7 Å². The molecule has 2 aromatic carbocycles. The number of nitrogens with one attached hydrogen (secondary N) is 1. The van der Waals surface area contributed by atoms with E-state index < -0.39 is 73.9 Å². The van der Waals surface area contributed by atoms with Crippen LogP contribution in [0.2, 0.25) is 0 Å². The minimum atomic E-state index is -1.51. The molecule has 1 amide bonds. The maximum absolute atomic E-state index is 11.9. The maximum atomic E-state index is 11.9. The van der Waals surface area contributed by atoms with Crippen LogP contribution in [-0.4, -0.2) is 94.3 Å². The van der Waals surface area contributed by atoms with Crippen LogP contribution < -0.4 is 5.32 Å². The summed E-state index contributed by atoms with van der Waals surface area (Å²) in [6.45, 7) is 2.82. The number of benzene rings is 2. The number of rotatable bonds is 10. The van der Waals surface area contributed by atoms with Gasteiger partial charge in [-0.2, -0.15) is 0 Å². The Labute approximate surface area is 227 Å². The molecule has 2 aliphatic rings. The van der Waals surface area contributed by atoms with Crippen LogP contribution in [0.5, 0.6) is 0 Å².